The number of aliphatic hydroxyl groups excluding tert-OH is 1. The van der Waals surface area contributed by atoms with Crippen LogP contribution in [0.25, 0.3) is 0 Å². The predicted octanol–water partition coefficient (Wildman–Crippen LogP) is 2.02. The summed E-state index contributed by atoms with van der Waals surface area (Å²) >= 11 is 3.30. The zero-order valence-electron chi connectivity index (χ0n) is 10.6. The van der Waals surface area contributed by atoms with Gasteiger partial charge in [-0.1, -0.05) is 28.1 Å². The molecule has 18 heavy (non-hydrogen) atoms. The second-order valence-corrected chi connectivity index (χ2v) is 7.02. The van der Waals surface area contributed by atoms with Crippen molar-refractivity contribution in [3.8, 4) is 0 Å². The Morgan fingerprint density at radius 1 is 1.33 bits per heavy atom. The number of hydrogen-bond acceptors (Lipinski definition) is 3. The van der Waals surface area contributed by atoms with Crippen LogP contribution in [0.1, 0.15) is 26.3 Å². The Bertz CT molecular complexity index is 495. The predicted molar refractivity (Wildman–Crippen MR) is 75.2 cm³/mol. The normalized spacial score (nSPS) is 14.5. The van der Waals surface area contributed by atoms with Crippen molar-refractivity contribution in [1.29, 1.82) is 0 Å². The van der Waals surface area contributed by atoms with Gasteiger partial charge in [0.25, 0.3) is 0 Å². The minimum atomic E-state index is -3.61. The van der Waals surface area contributed by atoms with Crippen molar-refractivity contribution >= 4 is 26.0 Å². The number of halogens is 1. The van der Waals surface area contributed by atoms with Gasteiger partial charge in [0.05, 0.1) is 16.5 Å². The summed E-state index contributed by atoms with van der Waals surface area (Å²) in [4.78, 5) is 0.195. The van der Waals surface area contributed by atoms with Gasteiger partial charge in [0.2, 0.25) is 10.0 Å². The minimum Gasteiger partial charge on any atom is -0.391 e. The standard InChI is InChI=1S/C12H18BrNO3S/c1-9(15)12(2,3)14-18(16,17)11-6-4-10(8-13)5-7-11/h4-7,9,14-15H,8H2,1-3H3. The number of nitrogens with one attached hydrogen (secondary N) is 1. The molecule has 102 valence electrons. The van der Waals surface area contributed by atoms with E-state index in [1.165, 1.54) is 0 Å². The molecule has 0 aromatic heterocycles. The minimum absolute atomic E-state index is 0.195. The van der Waals surface area contributed by atoms with Crippen LogP contribution in [0.2, 0.25) is 0 Å². The molecule has 1 rings (SSSR count). The Balaban J connectivity index is 2.99. The van der Waals surface area contributed by atoms with Crippen LogP contribution < -0.4 is 4.72 Å². The molecule has 2 N–H and O–H groups in total. The van der Waals surface area contributed by atoms with Crippen LogP contribution in [0.3, 0.4) is 0 Å². The maximum absolute atomic E-state index is 12.1. The van der Waals surface area contributed by atoms with Crippen LogP contribution >= 0.6 is 15.9 Å². The van der Waals surface area contributed by atoms with E-state index in [1.54, 1.807) is 45.0 Å². The SMILES string of the molecule is CC(O)C(C)(C)NS(=O)(=O)c1ccc(CBr)cc1. The molecule has 0 saturated heterocycles. The molecule has 6 heteroatoms. The third-order valence-corrected chi connectivity index (χ3v) is 5.16. The van der Waals surface area contributed by atoms with Crippen LogP contribution in [0.5, 0.6) is 0 Å². The van der Waals surface area contributed by atoms with Crippen molar-refractivity contribution < 1.29 is 13.5 Å². The smallest absolute Gasteiger partial charge is 0.241 e. The quantitative estimate of drug-likeness (QED) is 0.809. The summed E-state index contributed by atoms with van der Waals surface area (Å²) < 4.78 is 26.7. The molecule has 0 spiro atoms. The summed E-state index contributed by atoms with van der Waals surface area (Å²) in [5.41, 5.74) is 0.0937. The maximum Gasteiger partial charge on any atom is 0.241 e. The van der Waals surface area contributed by atoms with Gasteiger partial charge in [-0.05, 0) is 38.5 Å². The highest BCUT2D eigenvalue weighted by Gasteiger charge is 2.30. The number of benzene rings is 1. The highest BCUT2D eigenvalue weighted by atomic mass is 79.9. The average Bonchev–Trinajstić information content (AvgIpc) is 2.27. The molecule has 1 atom stereocenters. The second kappa shape index (κ2) is 5.69. The number of alkyl halides is 1. The number of hydrogen-bond donors (Lipinski definition) is 2. The van der Waals surface area contributed by atoms with Gasteiger partial charge < -0.3 is 5.11 Å². The molecule has 1 aromatic rings. The average molecular weight is 336 g/mol. The van der Waals surface area contributed by atoms with Gasteiger partial charge in [-0.25, -0.2) is 13.1 Å². The lowest BCUT2D eigenvalue weighted by atomic mass is 10.0. The maximum atomic E-state index is 12.1. The van der Waals surface area contributed by atoms with Crippen LogP contribution in [0.4, 0.5) is 0 Å². The lowest BCUT2D eigenvalue weighted by molar-refractivity contribution is 0.111. The van der Waals surface area contributed by atoms with E-state index in [-0.39, 0.29) is 4.90 Å². The zero-order chi connectivity index (χ0) is 14.0. The molecule has 0 saturated carbocycles. The van der Waals surface area contributed by atoms with Crippen molar-refractivity contribution in [1.82, 2.24) is 4.72 Å². The molecular formula is C12H18BrNO3S. The molecule has 0 fully saturated rings. The van der Waals surface area contributed by atoms with Crippen molar-refractivity contribution in [3.05, 3.63) is 29.8 Å². The van der Waals surface area contributed by atoms with Crippen molar-refractivity contribution in [3.63, 3.8) is 0 Å². The van der Waals surface area contributed by atoms with E-state index in [1.807, 2.05) is 0 Å². The Labute approximate surface area is 117 Å². The molecule has 0 heterocycles. The first-order valence-electron chi connectivity index (χ1n) is 5.56. The second-order valence-electron chi connectivity index (χ2n) is 4.78. The van der Waals surface area contributed by atoms with E-state index in [2.05, 4.69) is 20.7 Å². The Morgan fingerprint density at radius 3 is 2.22 bits per heavy atom. The largest absolute Gasteiger partial charge is 0.391 e. The summed E-state index contributed by atoms with van der Waals surface area (Å²) in [6.07, 6.45) is -0.783. The van der Waals surface area contributed by atoms with Crippen LogP contribution in [-0.2, 0) is 15.4 Å². The fourth-order valence-electron chi connectivity index (χ4n) is 1.25. The lowest BCUT2D eigenvalue weighted by Crippen LogP contribution is -2.50. The monoisotopic (exact) mass is 335 g/mol. The third kappa shape index (κ3) is 3.78. The molecule has 0 radical (unpaired) electrons. The molecule has 1 unspecified atom stereocenters. The topological polar surface area (TPSA) is 66.4 Å². The number of rotatable bonds is 5. The van der Waals surface area contributed by atoms with Gasteiger partial charge in [0, 0.05) is 5.33 Å². The summed E-state index contributed by atoms with van der Waals surface area (Å²) in [5.74, 6) is 0. The van der Waals surface area contributed by atoms with Gasteiger partial charge in [-0.2, -0.15) is 0 Å². The number of aliphatic hydroxyl groups is 1. The first kappa shape index (κ1) is 15.6. The van der Waals surface area contributed by atoms with Gasteiger partial charge in [0.15, 0.2) is 0 Å². The van der Waals surface area contributed by atoms with E-state index in [0.29, 0.717) is 5.33 Å². The van der Waals surface area contributed by atoms with Gasteiger partial charge >= 0.3 is 0 Å². The Hall–Kier alpha value is -0.430. The van der Waals surface area contributed by atoms with Crippen molar-refractivity contribution in [2.45, 2.75) is 42.6 Å². The highest BCUT2D eigenvalue weighted by molar-refractivity contribution is 9.08. The summed E-state index contributed by atoms with van der Waals surface area (Å²) in [6, 6.07) is 6.60. The Kier molecular flexibility index (Phi) is 4.94. The van der Waals surface area contributed by atoms with E-state index in [4.69, 9.17) is 0 Å². The van der Waals surface area contributed by atoms with Crippen LogP contribution in [-0.4, -0.2) is 25.2 Å². The molecule has 0 aliphatic carbocycles. The summed E-state index contributed by atoms with van der Waals surface area (Å²) in [5, 5.41) is 10.2. The fraction of sp³-hybridized carbons (Fsp3) is 0.500. The summed E-state index contributed by atoms with van der Waals surface area (Å²) in [6.45, 7) is 4.83. The van der Waals surface area contributed by atoms with E-state index in [0.717, 1.165) is 5.56 Å². The lowest BCUT2D eigenvalue weighted by Gasteiger charge is -2.28. The van der Waals surface area contributed by atoms with Gasteiger partial charge in [-0.3, -0.25) is 0 Å². The molecule has 0 aliphatic heterocycles. The zero-order valence-corrected chi connectivity index (χ0v) is 13.0. The molecular weight excluding hydrogens is 318 g/mol. The van der Waals surface area contributed by atoms with Gasteiger partial charge in [-0.15, -0.1) is 0 Å². The van der Waals surface area contributed by atoms with E-state index < -0.39 is 21.7 Å². The first-order valence-corrected chi connectivity index (χ1v) is 8.16. The van der Waals surface area contributed by atoms with Gasteiger partial charge in [0.1, 0.15) is 0 Å². The first-order chi connectivity index (χ1) is 8.19. The van der Waals surface area contributed by atoms with Crippen LogP contribution in [0.15, 0.2) is 29.2 Å². The third-order valence-electron chi connectivity index (χ3n) is 2.83. The molecule has 1 aromatic carbocycles. The molecule has 4 nitrogen and oxygen atoms in total. The molecule has 0 aliphatic rings. The van der Waals surface area contributed by atoms with Crippen molar-refractivity contribution in [2.75, 3.05) is 0 Å². The summed E-state index contributed by atoms with van der Waals surface area (Å²) in [7, 11) is -3.61. The van der Waals surface area contributed by atoms with Crippen molar-refractivity contribution in [2.24, 2.45) is 0 Å². The molecule has 0 bridgehead atoms. The Morgan fingerprint density at radius 2 is 1.83 bits per heavy atom. The van der Waals surface area contributed by atoms with E-state index in [9.17, 15) is 13.5 Å². The highest BCUT2D eigenvalue weighted by Crippen LogP contribution is 2.17. The number of sulfonamides is 1. The van der Waals surface area contributed by atoms with Crippen LogP contribution in [0, 0.1) is 0 Å². The fourth-order valence-corrected chi connectivity index (χ4v) is 3.10. The van der Waals surface area contributed by atoms with E-state index >= 15 is 0 Å². The molecule has 0 amide bonds.